The molecule has 2 rings (SSSR count). The molecule has 88 valence electrons. The molecule has 0 fully saturated rings. The minimum Gasteiger partial charge on any atom is -0.488 e. The Labute approximate surface area is 99.1 Å². The van der Waals surface area contributed by atoms with Gasteiger partial charge in [0.1, 0.15) is 18.2 Å². The first-order valence-corrected chi connectivity index (χ1v) is 5.23. The topological polar surface area (TPSA) is 48.1 Å². The van der Waals surface area contributed by atoms with Crippen LogP contribution in [-0.4, -0.2) is 4.98 Å². The number of rotatable bonds is 3. The summed E-state index contributed by atoms with van der Waals surface area (Å²) >= 11 is 0. The highest BCUT2D eigenvalue weighted by molar-refractivity contribution is 5.47. The summed E-state index contributed by atoms with van der Waals surface area (Å²) in [6.45, 7) is 2.20. The summed E-state index contributed by atoms with van der Waals surface area (Å²) in [5.41, 5.74) is 7.99. The van der Waals surface area contributed by atoms with Crippen molar-refractivity contribution in [3.63, 3.8) is 0 Å². The van der Waals surface area contributed by atoms with E-state index in [2.05, 4.69) is 4.98 Å². The molecule has 1 heterocycles. The second-order valence-corrected chi connectivity index (χ2v) is 3.83. The SMILES string of the molecule is Cc1ccc(N)cc1OCc1cncc(F)c1. The number of ether oxygens (including phenoxy) is 1. The lowest BCUT2D eigenvalue weighted by Gasteiger charge is -2.09. The molecule has 4 heteroatoms. The molecule has 1 aromatic carbocycles. The fourth-order valence-electron chi connectivity index (χ4n) is 1.47. The van der Waals surface area contributed by atoms with Gasteiger partial charge in [-0.25, -0.2) is 4.39 Å². The second-order valence-electron chi connectivity index (χ2n) is 3.83. The molecular weight excluding hydrogens is 219 g/mol. The van der Waals surface area contributed by atoms with E-state index in [1.807, 2.05) is 19.1 Å². The number of halogens is 1. The summed E-state index contributed by atoms with van der Waals surface area (Å²) in [4.78, 5) is 3.76. The maximum Gasteiger partial charge on any atom is 0.141 e. The van der Waals surface area contributed by atoms with Gasteiger partial charge in [-0.3, -0.25) is 4.98 Å². The van der Waals surface area contributed by atoms with Crippen LogP contribution >= 0.6 is 0 Å². The Balaban J connectivity index is 2.09. The van der Waals surface area contributed by atoms with E-state index in [4.69, 9.17) is 10.5 Å². The van der Waals surface area contributed by atoms with Crippen molar-refractivity contribution in [3.05, 3.63) is 53.6 Å². The fourth-order valence-corrected chi connectivity index (χ4v) is 1.47. The van der Waals surface area contributed by atoms with Gasteiger partial charge in [0.25, 0.3) is 0 Å². The molecule has 0 saturated carbocycles. The van der Waals surface area contributed by atoms with E-state index in [-0.39, 0.29) is 12.4 Å². The Morgan fingerprint density at radius 1 is 1.29 bits per heavy atom. The summed E-state index contributed by atoms with van der Waals surface area (Å²) in [5, 5.41) is 0. The van der Waals surface area contributed by atoms with Crippen LogP contribution in [0, 0.1) is 12.7 Å². The normalized spacial score (nSPS) is 10.2. The third-order valence-corrected chi connectivity index (χ3v) is 2.37. The van der Waals surface area contributed by atoms with Crippen LogP contribution in [0.3, 0.4) is 0 Å². The highest BCUT2D eigenvalue weighted by atomic mass is 19.1. The molecule has 0 radical (unpaired) electrons. The van der Waals surface area contributed by atoms with Crippen LogP contribution in [0.15, 0.2) is 36.7 Å². The van der Waals surface area contributed by atoms with Crippen molar-refractivity contribution < 1.29 is 9.13 Å². The van der Waals surface area contributed by atoms with Crippen LogP contribution in [0.25, 0.3) is 0 Å². The summed E-state index contributed by atoms with van der Waals surface area (Å²) in [6, 6.07) is 6.84. The van der Waals surface area contributed by atoms with Gasteiger partial charge in [-0.05, 0) is 24.6 Å². The number of aryl methyl sites for hydroxylation is 1. The molecule has 3 nitrogen and oxygen atoms in total. The van der Waals surface area contributed by atoms with Crippen molar-refractivity contribution in [2.75, 3.05) is 5.73 Å². The standard InChI is InChI=1S/C13H13FN2O/c1-9-2-3-12(15)5-13(9)17-8-10-4-11(14)7-16-6-10/h2-7H,8,15H2,1H3. The molecule has 0 atom stereocenters. The Bertz CT molecular complexity index is 529. The third kappa shape index (κ3) is 2.93. The highest BCUT2D eigenvalue weighted by Crippen LogP contribution is 2.21. The van der Waals surface area contributed by atoms with Gasteiger partial charge in [0.05, 0.1) is 6.20 Å². The summed E-state index contributed by atoms with van der Waals surface area (Å²) < 4.78 is 18.5. The number of nitrogen functional groups attached to an aromatic ring is 1. The predicted octanol–water partition coefficient (Wildman–Crippen LogP) is 2.69. The van der Waals surface area contributed by atoms with E-state index < -0.39 is 0 Å². The molecule has 0 bridgehead atoms. The molecular formula is C13H13FN2O. The quantitative estimate of drug-likeness (QED) is 0.828. The number of aromatic nitrogens is 1. The van der Waals surface area contributed by atoms with Gasteiger partial charge in [-0.1, -0.05) is 6.07 Å². The molecule has 0 aliphatic rings. The Hall–Kier alpha value is -2.10. The van der Waals surface area contributed by atoms with Crippen molar-refractivity contribution >= 4 is 5.69 Å². The number of pyridine rings is 1. The van der Waals surface area contributed by atoms with Gasteiger partial charge < -0.3 is 10.5 Å². The predicted molar refractivity (Wildman–Crippen MR) is 64.1 cm³/mol. The van der Waals surface area contributed by atoms with Gasteiger partial charge in [0.15, 0.2) is 0 Å². The van der Waals surface area contributed by atoms with Gasteiger partial charge in [0.2, 0.25) is 0 Å². The zero-order valence-corrected chi connectivity index (χ0v) is 9.48. The van der Waals surface area contributed by atoms with Crippen LogP contribution in [-0.2, 0) is 6.61 Å². The minimum absolute atomic E-state index is 0.273. The van der Waals surface area contributed by atoms with Crippen molar-refractivity contribution in [1.29, 1.82) is 0 Å². The highest BCUT2D eigenvalue weighted by Gasteiger charge is 2.02. The van der Waals surface area contributed by atoms with E-state index >= 15 is 0 Å². The molecule has 2 N–H and O–H groups in total. The zero-order chi connectivity index (χ0) is 12.3. The molecule has 1 aromatic heterocycles. The van der Waals surface area contributed by atoms with Crippen LogP contribution in [0.1, 0.15) is 11.1 Å². The van der Waals surface area contributed by atoms with Gasteiger partial charge >= 0.3 is 0 Å². The lowest BCUT2D eigenvalue weighted by atomic mass is 10.2. The molecule has 2 aromatic rings. The van der Waals surface area contributed by atoms with Gasteiger partial charge in [-0.2, -0.15) is 0 Å². The van der Waals surface area contributed by atoms with E-state index in [0.717, 1.165) is 11.8 Å². The van der Waals surface area contributed by atoms with Crippen LogP contribution in [0.2, 0.25) is 0 Å². The summed E-state index contributed by atoms with van der Waals surface area (Å²) in [5.74, 6) is 0.338. The van der Waals surface area contributed by atoms with Gasteiger partial charge in [0, 0.05) is 23.5 Å². The van der Waals surface area contributed by atoms with Crippen LogP contribution < -0.4 is 10.5 Å². The van der Waals surface area contributed by atoms with Crippen LogP contribution in [0.5, 0.6) is 5.75 Å². The number of nitrogens with two attached hydrogens (primary N) is 1. The Morgan fingerprint density at radius 3 is 2.88 bits per heavy atom. The lowest BCUT2D eigenvalue weighted by molar-refractivity contribution is 0.303. The van der Waals surface area contributed by atoms with Crippen molar-refractivity contribution in [2.24, 2.45) is 0 Å². The smallest absolute Gasteiger partial charge is 0.141 e. The van der Waals surface area contributed by atoms with Gasteiger partial charge in [-0.15, -0.1) is 0 Å². The maximum atomic E-state index is 12.9. The molecule has 0 spiro atoms. The molecule has 0 saturated heterocycles. The Morgan fingerprint density at radius 2 is 2.12 bits per heavy atom. The van der Waals surface area contributed by atoms with E-state index in [1.165, 1.54) is 6.07 Å². The average Bonchev–Trinajstić information content (AvgIpc) is 2.30. The second kappa shape index (κ2) is 4.82. The minimum atomic E-state index is -0.365. The molecule has 17 heavy (non-hydrogen) atoms. The van der Waals surface area contributed by atoms with Crippen LogP contribution in [0.4, 0.5) is 10.1 Å². The van der Waals surface area contributed by atoms with Crippen molar-refractivity contribution in [1.82, 2.24) is 4.98 Å². The number of anilines is 1. The number of hydrogen-bond acceptors (Lipinski definition) is 3. The summed E-state index contributed by atoms with van der Waals surface area (Å²) in [7, 11) is 0. The molecule has 0 unspecified atom stereocenters. The number of hydrogen-bond donors (Lipinski definition) is 1. The molecule has 0 aliphatic heterocycles. The first-order valence-electron chi connectivity index (χ1n) is 5.23. The first-order chi connectivity index (χ1) is 8.15. The van der Waals surface area contributed by atoms with E-state index in [0.29, 0.717) is 17.0 Å². The van der Waals surface area contributed by atoms with Crippen molar-refractivity contribution in [3.8, 4) is 5.75 Å². The lowest BCUT2D eigenvalue weighted by Crippen LogP contribution is -1.99. The molecule has 0 aliphatic carbocycles. The zero-order valence-electron chi connectivity index (χ0n) is 9.48. The van der Waals surface area contributed by atoms with E-state index in [9.17, 15) is 4.39 Å². The average molecular weight is 232 g/mol. The van der Waals surface area contributed by atoms with E-state index in [1.54, 1.807) is 12.3 Å². The van der Waals surface area contributed by atoms with Crippen molar-refractivity contribution in [2.45, 2.75) is 13.5 Å². The Kier molecular flexibility index (Phi) is 3.23. The monoisotopic (exact) mass is 232 g/mol. The number of benzene rings is 1. The number of nitrogens with zero attached hydrogens (tertiary/aromatic N) is 1. The first kappa shape index (κ1) is 11.4. The summed E-state index contributed by atoms with van der Waals surface area (Å²) in [6.07, 6.45) is 2.74. The molecule has 0 amide bonds. The third-order valence-electron chi connectivity index (χ3n) is 2.37. The largest absolute Gasteiger partial charge is 0.488 e. The maximum absolute atomic E-state index is 12.9. The fraction of sp³-hybridized carbons (Fsp3) is 0.154.